The highest BCUT2D eigenvalue weighted by Crippen LogP contribution is 2.21. The van der Waals surface area contributed by atoms with Gasteiger partial charge in [0.25, 0.3) is 5.91 Å². The van der Waals surface area contributed by atoms with Crippen LogP contribution in [0.5, 0.6) is 5.75 Å². The van der Waals surface area contributed by atoms with E-state index in [4.69, 9.17) is 9.84 Å². The normalized spacial score (nSPS) is 10.3. The number of amides is 1. The van der Waals surface area contributed by atoms with Crippen LogP contribution in [0.3, 0.4) is 0 Å². The smallest absolute Gasteiger partial charge is 0.261 e. The van der Waals surface area contributed by atoms with E-state index in [0.29, 0.717) is 10.6 Å². The molecule has 0 aliphatic heterocycles. The number of aliphatic hydroxyl groups is 1. The quantitative estimate of drug-likeness (QED) is 0.890. The van der Waals surface area contributed by atoms with Gasteiger partial charge in [0.05, 0.1) is 18.6 Å². The van der Waals surface area contributed by atoms with Gasteiger partial charge in [0, 0.05) is 23.6 Å². The Kier molecular flexibility index (Phi) is 4.70. The standard InChI is InChI=1S/C14H14FNO3S/c1-19-11-5-13(20-8-11)14(18)16-6-9-2-3-12(15)10(4-9)7-17/h2-5,8,17H,6-7H2,1H3,(H,16,18). The summed E-state index contributed by atoms with van der Waals surface area (Å²) >= 11 is 1.29. The van der Waals surface area contributed by atoms with Crippen molar-refractivity contribution < 1.29 is 19.0 Å². The Hall–Kier alpha value is -1.92. The van der Waals surface area contributed by atoms with Crippen LogP contribution in [-0.2, 0) is 13.2 Å². The Morgan fingerprint density at radius 3 is 2.90 bits per heavy atom. The van der Waals surface area contributed by atoms with Gasteiger partial charge in [-0.15, -0.1) is 11.3 Å². The lowest BCUT2D eigenvalue weighted by molar-refractivity contribution is 0.0954. The van der Waals surface area contributed by atoms with Gasteiger partial charge in [-0.3, -0.25) is 4.79 Å². The van der Waals surface area contributed by atoms with Gasteiger partial charge in [0.1, 0.15) is 11.6 Å². The lowest BCUT2D eigenvalue weighted by Crippen LogP contribution is -2.21. The molecule has 0 aliphatic carbocycles. The van der Waals surface area contributed by atoms with Gasteiger partial charge in [-0.2, -0.15) is 0 Å². The predicted octanol–water partition coefficient (Wildman–Crippen LogP) is 2.32. The molecule has 0 spiro atoms. The van der Waals surface area contributed by atoms with E-state index in [-0.39, 0.29) is 24.6 Å². The zero-order valence-electron chi connectivity index (χ0n) is 10.9. The zero-order chi connectivity index (χ0) is 14.5. The highest BCUT2D eigenvalue weighted by molar-refractivity contribution is 7.12. The maximum Gasteiger partial charge on any atom is 0.261 e. The first kappa shape index (κ1) is 14.5. The summed E-state index contributed by atoms with van der Waals surface area (Å²) in [5, 5.41) is 13.5. The van der Waals surface area contributed by atoms with E-state index in [2.05, 4.69) is 5.32 Å². The van der Waals surface area contributed by atoms with Crippen LogP contribution in [-0.4, -0.2) is 18.1 Å². The predicted molar refractivity (Wildman–Crippen MR) is 74.4 cm³/mol. The minimum Gasteiger partial charge on any atom is -0.496 e. The van der Waals surface area contributed by atoms with Crippen LogP contribution in [0.25, 0.3) is 0 Å². The van der Waals surface area contributed by atoms with Crippen LogP contribution >= 0.6 is 11.3 Å². The molecule has 0 bridgehead atoms. The van der Waals surface area contributed by atoms with Crippen LogP contribution in [0.2, 0.25) is 0 Å². The number of thiophene rings is 1. The molecule has 0 saturated carbocycles. The first-order valence-corrected chi connectivity index (χ1v) is 6.81. The molecule has 4 nitrogen and oxygen atoms in total. The molecule has 2 rings (SSSR count). The van der Waals surface area contributed by atoms with Crippen molar-refractivity contribution in [3.63, 3.8) is 0 Å². The van der Waals surface area contributed by atoms with Crippen molar-refractivity contribution in [1.29, 1.82) is 0 Å². The Morgan fingerprint density at radius 2 is 2.25 bits per heavy atom. The molecule has 0 aliphatic rings. The average Bonchev–Trinajstić information content (AvgIpc) is 2.95. The Bertz CT molecular complexity index is 612. The number of carbonyl (C=O) groups excluding carboxylic acids is 1. The summed E-state index contributed by atoms with van der Waals surface area (Å²) in [5.74, 6) is -0.0248. The van der Waals surface area contributed by atoms with E-state index in [1.165, 1.54) is 23.5 Å². The maximum atomic E-state index is 13.2. The van der Waals surface area contributed by atoms with Gasteiger partial charge in [0.2, 0.25) is 0 Å². The van der Waals surface area contributed by atoms with Crippen molar-refractivity contribution in [1.82, 2.24) is 5.32 Å². The van der Waals surface area contributed by atoms with Crippen molar-refractivity contribution in [3.05, 3.63) is 51.5 Å². The molecular weight excluding hydrogens is 281 g/mol. The van der Waals surface area contributed by atoms with E-state index >= 15 is 0 Å². The minimum atomic E-state index is -0.453. The van der Waals surface area contributed by atoms with Crippen molar-refractivity contribution >= 4 is 17.2 Å². The molecule has 1 heterocycles. The van der Waals surface area contributed by atoms with Crippen LogP contribution in [0.1, 0.15) is 20.8 Å². The summed E-state index contributed by atoms with van der Waals surface area (Å²) in [7, 11) is 1.54. The minimum absolute atomic E-state index is 0.215. The number of rotatable bonds is 5. The second kappa shape index (κ2) is 6.49. The Morgan fingerprint density at radius 1 is 1.45 bits per heavy atom. The molecule has 2 N–H and O–H groups in total. The number of hydrogen-bond acceptors (Lipinski definition) is 4. The summed E-state index contributed by atoms with van der Waals surface area (Å²) in [5.41, 5.74) is 0.946. The number of benzene rings is 1. The third-order valence-electron chi connectivity index (χ3n) is 2.77. The van der Waals surface area contributed by atoms with Crippen LogP contribution in [0.4, 0.5) is 4.39 Å². The van der Waals surface area contributed by atoms with Gasteiger partial charge in [0.15, 0.2) is 0 Å². The summed E-state index contributed by atoms with van der Waals surface area (Å²) < 4.78 is 18.2. The molecule has 2 aromatic rings. The fourth-order valence-corrected chi connectivity index (χ4v) is 2.44. The third kappa shape index (κ3) is 3.34. The van der Waals surface area contributed by atoms with Crippen molar-refractivity contribution in [2.24, 2.45) is 0 Å². The second-order valence-corrected chi connectivity index (χ2v) is 5.03. The summed E-state index contributed by atoms with van der Waals surface area (Å²) in [6.45, 7) is -0.0952. The maximum absolute atomic E-state index is 13.2. The molecule has 20 heavy (non-hydrogen) atoms. The summed E-state index contributed by atoms with van der Waals surface area (Å²) in [6.07, 6.45) is 0. The molecule has 0 atom stereocenters. The van der Waals surface area contributed by atoms with Crippen LogP contribution in [0.15, 0.2) is 29.6 Å². The fraction of sp³-hybridized carbons (Fsp3) is 0.214. The van der Waals surface area contributed by atoms with E-state index in [0.717, 1.165) is 5.56 Å². The first-order valence-electron chi connectivity index (χ1n) is 5.93. The van der Waals surface area contributed by atoms with Crippen molar-refractivity contribution in [3.8, 4) is 5.75 Å². The van der Waals surface area contributed by atoms with E-state index < -0.39 is 5.82 Å². The first-order chi connectivity index (χ1) is 9.63. The molecule has 0 radical (unpaired) electrons. The molecule has 0 saturated heterocycles. The van der Waals surface area contributed by atoms with Gasteiger partial charge < -0.3 is 15.2 Å². The largest absolute Gasteiger partial charge is 0.496 e. The highest BCUT2D eigenvalue weighted by atomic mass is 32.1. The monoisotopic (exact) mass is 295 g/mol. The molecule has 1 amide bonds. The van der Waals surface area contributed by atoms with E-state index in [1.807, 2.05) is 0 Å². The number of carbonyl (C=O) groups is 1. The third-order valence-corrected chi connectivity index (χ3v) is 3.68. The highest BCUT2D eigenvalue weighted by Gasteiger charge is 2.09. The van der Waals surface area contributed by atoms with Crippen molar-refractivity contribution in [2.75, 3.05) is 7.11 Å². The van der Waals surface area contributed by atoms with E-state index in [9.17, 15) is 9.18 Å². The molecule has 106 valence electrons. The van der Waals surface area contributed by atoms with E-state index in [1.54, 1.807) is 24.6 Å². The molecule has 1 aromatic heterocycles. The van der Waals surface area contributed by atoms with Gasteiger partial charge in [-0.25, -0.2) is 4.39 Å². The number of aliphatic hydroxyl groups excluding tert-OH is 1. The SMILES string of the molecule is COc1csc(C(=O)NCc2ccc(F)c(CO)c2)c1. The van der Waals surface area contributed by atoms with Gasteiger partial charge >= 0.3 is 0 Å². The number of methoxy groups -OCH3 is 1. The Balaban J connectivity index is 1.99. The molecular formula is C14H14FNO3S. The summed E-state index contributed by atoms with van der Waals surface area (Å²) in [4.78, 5) is 12.4. The lowest BCUT2D eigenvalue weighted by Gasteiger charge is -2.06. The van der Waals surface area contributed by atoms with Gasteiger partial charge in [-0.05, 0) is 17.7 Å². The van der Waals surface area contributed by atoms with Crippen molar-refractivity contribution in [2.45, 2.75) is 13.2 Å². The Labute approximate surface area is 119 Å². The number of hydrogen-bond donors (Lipinski definition) is 2. The zero-order valence-corrected chi connectivity index (χ0v) is 11.7. The molecule has 6 heteroatoms. The fourth-order valence-electron chi connectivity index (χ4n) is 1.67. The molecule has 1 aromatic carbocycles. The topological polar surface area (TPSA) is 58.6 Å². The number of halogens is 1. The van der Waals surface area contributed by atoms with Gasteiger partial charge in [-0.1, -0.05) is 6.07 Å². The summed E-state index contributed by atoms with van der Waals surface area (Å²) in [6, 6.07) is 6.04. The van der Waals surface area contributed by atoms with Crippen LogP contribution in [0, 0.1) is 5.82 Å². The number of ether oxygens (including phenoxy) is 1. The molecule has 0 fully saturated rings. The number of nitrogens with one attached hydrogen (secondary N) is 1. The lowest BCUT2D eigenvalue weighted by atomic mass is 10.1. The second-order valence-electron chi connectivity index (χ2n) is 4.12. The van der Waals surface area contributed by atoms with Crippen LogP contribution < -0.4 is 10.1 Å². The molecule has 0 unspecified atom stereocenters. The average molecular weight is 295 g/mol.